The highest BCUT2D eigenvalue weighted by Crippen LogP contribution is 2.17. The maximum Gasteiger partial charge on any atom is 0.221 e. The van der Waals surface area contributed by atoms with E-state index in [0.717, 1.165) is 12.2 Å². The number of carbonyl (C=O) groups excluding carboxylic acids is 1. The second-order valence-corrected chi connectivity index (χ2v) is 4.67. The molecule has 0 saturated heterocycles. The van der Waals surface area contributed by atoms with Crippen LogP contribution in [0.25, 0.3) is 0 Å². The molecule has 3 N–H and O–H groups in total. The molecule has 0 saturated carbocycles. The van der Waals surface area contributed by atoms with Gasteiger partial charge in [-0.15, -0.1) is 0 Å². The third-order valence-corrected chi connectivity index (χ3v) is 2.96. The third kappa shape index (κ3) is 4.50. The monoisotopic (exact) mass is 253 g/mol. The lowest BCUT2D eigenvalue weighted by Gasteiger charge is -2.22. The standard InChI is InChI=1S/C13H23N3O2/c1-4-10(14)8-13(17)15-9-11(16(2)3)12-6-5-7-18-12/h5-7,10-11H,4,8-9,14H2,1-3H3,(H,15,17). The average Bonchev–Trinajstić information content (AvgIpc) is 2.82. The van der Waals surface area contributed by atoms with E-state index < -0.39 is 0 Å². The molecule has 102 valence electrons. The number of nitrogens with two attached hydrogens (primary N) is 1. The minimum atomic E-state index is -0.0635. The number of likely N-dealkylation sites (N-methyl/N-ethyl adjacent to an activating group) is 1. The van der Waals surface area contributed by atoms with Crippen molar-refractivity contribution in [2.24, 2.45) is 5.73 Å². The zero-order valence-corrected chi connectivity index (χ0v) is 11.3. The molecule has 0 fully saturated rings. The van der Waals surface area contributed by atoms with Crippen LogP contribution in [0.3, 0.4) is 0 Å². The largest absolute Gasteiger partial charge is 0.468 e. The van der Waals surface area contributed by atoms with Gasteiger partial charge in [0.05, 0.1) is 12.3 Å². The van der Waals surface area contributed by atoms with Gasteiger partial charge >= 0.3 is 0 Å². The van der Waals surface area contributed by atoms with Crippen molar-refractivity contribution in [1.82, 2.24) is 10.2 Å². The molecule has 5 nitrogen and oxygen atoms in total. The van der Waals surface area contributed by atoms with E-state index >= 15 is 0 Å². The summed E-state index contributed by atoms with van der Waals surface area (Å²) in [5, 5.41) is 2.90. The molecule has 0 aliphatic rings. The molecule has 0 spiro atoms. The summed E-state index contributed by atoms with van der Waals surface area (Å²) >= 11 is 0. The molecule has 0 aliphatic heterocycles. The predicted octanol–water partition coefficient (Wildman–Crippen LogP) is 1.13. The fraction of sp³-hybridized carbons (Fsp3) is 0.615. The van der Waals surface area contributed by atoms with Gasteiger partial charge in [0, 0.05) is 19.0 Å². The average molecular weight is 253 g/mol. The molecule has 5 heteroatoms. The highest BCUT2D eigenvalue weighted by atomic mass is 16.3. The van der Waals surface area contributed by atoms with Crippen LogP contribution in [0.4, 0.5) is 0 Å². The highest BCUT2D eigenvalue weighted by Gasteiger charge is 2.18. The van der Waals surface area contributed by atoms with Crippen LogP contribution in [-0.2, 0) is 4.79 Å². The van der Waals surface area contributed by atoms with Crippen molar-refractivity contribution >= 4 is 5.91 Å². The number of amides is 1. The highest BCUT2D eigenvalue weighted by molar-refractivity contribution is 5.76. The first kappa shape index (κ1) is 14.7. The Labute approximate surface area is 108 Å². The van der Waals surface area contributed by atoms with Crippen molar-refractivity contribution in [3.8, 4) is 0 Å². The van der Waals surface area contributed by atoms with Crippen molar-refractivity contribution < 1.29 is 9.21 Å². The zero-order chi connectivity index (χ0) is 13.5. The second-order valence-electron chi connectivity index (χ2n) is 4.67. The van der Waals surface area contributed by atoms with Crippen LogP contribution in [0.15, 0.2) is 22.8 Å². The molecule has 0 aliphatic carbocycles. The van der Waals surface area contributed by atoms with Gasteiger partial charge in [-0.3, -0.25) is 9.69 Å². The van der Waals surface area contributed by atoms with Crippen molar-refractivity contribution in [1.29, 1.82) is 0 Å². The Hall–Kier alpha value is -1.33. The number of hydrogen-bond acceptors (Lipinski definition) is 4. The van der Waals surface area contributed by atoms with E-state index in [2.05, 4.69) is 5.32 Å². The van der Waals surface area contributed by atoms with Gasteiger partial charge < -0.3 is 15.5 Å². The van der Waals surface area contributed by atoms with Crippen LogP contribution in [0.1, 0.15) is 31.6 Å². The molecule has 1 heterocycles. The van der Waals surface area contributed by atoms with Gasteiger partial charge in [-0.05, 0) is 32.6 Å². The summed E-state index contributed by atoms with van der Waals surface area (Å²) in [6.07, 6.45) is 2.82. The number of hydrogen-bond donors (Lipinski definition) is 2. The lowest BCUT2D eigenvalue weighted by molar-refractivity contribution is -0.121. The number of carbonyl (C=O) groups is 1. The van der Waals surface area contributed by atoms with Crippen LogP contribution >= 0.6 is 0 Å². The summed E-state index contributed by atoms with van der Waals surface area (Å²) in [5.41, 5.74) is 5.74. The first-order valence-corrected chi connectivity index (χ1v) is 6.26. The molecule has 1 amide bonds. The molecule has 0 aromatic carbocycles. The fourth-order valence-electron chi connectivity index (χ4n) is 1.68. The number of nitrogens with one attached hydrogen (secondary N) is 1. The second kappa shape index (κ2) is 7.18. The van der Waals surface area contributed by atoms with E-state index in [1.165, 1.54) is 0 Å². The Kier molecular flexibility index (Phi) is 5.88. The molecule has 0 bridgehead atoms. The zero-order valence-electron chi connectivity index (χ0n) is 11.3. The van der Waals surface area contributed by atoms with E-state index in [-0.39, 0.29) is 18.0 Å². The van der Waals surface area contributed by atoms with E-state index in [1.807, 2.05) is 38.1 Å². The molecule has 1 rings (SSSR count). The summed E-state index contributed by atoms with van der Waals surface area (Å²) in [6.45, 7) is 2.50. The predicted molar refractivity (Wildman–Crippen MR) is 71.0 cm³/mol. The van der Waals surface area contributed by atoms with E-state index in [0.29, 0.717) is 13.0 Å². The molecule has 0 radical (unpaired) electrons. The van der Waals surface area contributed by atoms with E-state index in [9.17, 15) is 4.79 Å². The molecule has 2 unspecified atom stereocenters. The van der Waals surface area contributed by atoms with Gasteiger partial charge in [-0.25, -0.2) is 0 Å². The summed E-state index contributed by atoms with van der Waals surface area (Å²) in [4.78, 5) is 13.7. The molecular formula is C13H23N3O2. The Morgan fingerprint density at radius 1 is 1.56 bits per heavy atom. The van der Waals surface area contributed by atoms with E-state index in [4.69, 9.17) is 10.2 Å². The number of furan rings is 1. The third-order valence-electron chi connectivity index (χ3n) is 2.96. The van der Waals surface area contributed by atoms with Gasteiger partial charge in [0.2, 0.25) is 5.91 Å². The van der Waals surface area contributed by atoms with Crippen LogP contribution in [-0.4, -0.2) is 37.5 Å². The summed E-state index contributed by atoms with van der Waals surface area (Å²) in [5.74, 6) is 0.836. The summed E-state index contributed by atoms with van der Waals surface area (Å²) in [6, 6.07) is 3.74. The minimum Gasteiger partial charge on any atom is -0.468 e. The quantitative estimate of drug-likeness (QED) is 0.764. The van der Waals surface area contributed by atoms with Crippen molar-refractivity contribution in [3.05, 3.63) is 24.2 Å². The number of rotatable bonds is 7. The van der Waals surface area contributed by atoms with Gasteiger partial charge in [0.15, 0.2) is 0 Å². The summed E-state index contributed by atoms with van der Waals surface area (Å²) in [7, 11) is 3.91. The first-order valence-electron chi connectivity index (χ1n) is 6.26. The van der Waals surface area contributed by atoms with E-state index in [1.54, 1.807) is 6.26 Å². The fourth-order valence-corrected chi connectivity index (χ4v) is 1.68. The molecule has 1 aromatic heterocycles. The SMILES string of the molecule is CCC(N)CC(=O)NCC(c1ccco1)N(C)C. The molecule has 2 atom stereocenters. The Morgan fingerprint density at radius 3 is 2.78 bits per heavy atom. The molecular weight excluding hydrogens is 230 g/mol. The van der Waals surface area contributed by atoms with Crippen LogP contribution in [0.2, 0.25) is 0 Å². The number of nitrogens with zero attached hydrogens (tertiary/aromatic N) is 1. The Morgan fingerprint density at radius 2 is 2.28 bits per heavy atom. The topological polar surface area (TPSA) is 71.5 Å². The van der Waals surface area contributed by atoms with Gasteiger partial charge in [0.1, 0.15) is 5.76 Å². The lowest BCUT2D eigenvalue weighted by atomic mass is 10.1. The van der Waals surface area contributed by atoms with Crippen molar-refractivity contribution in [2.45, 2.75) is 31.8 Å². The maximum atomic E-state index is 11.7. The summed E-state index contributed by atoms with van der Waals surface area (Å²) < 4.78 is 5.37. The van der Waals surface area contributed by atoms with Crippen LogP contribution < -0.4 is 11.1 Å². The smallest absolute Gasteiger partial charge is 0.221 e. The first-order chi connectivity index (χ1) is 8.54. The Bertz CT molecular complexity index is 349. The molecule has 1 aromatic rings. The van der Waals surface area contributed by atoms with Crippen molar-refractivity contribution in [2.75, 3.05) is 20.6 Å². The lowest BCUT2D eigenvalue weighted by Crippen LogP contribution is -2.37. The Balaban J connectivity index is 2.46. The normalized spacial score (nSPS) is 14.5. The van der Waals surface area contributed by atoms with Crippen LogP contribution in [0.5, 0.6) is 0 Å². The van der Waals surface area contributed by atoms with Crippen molar-refractivity contribution in [3.63, 3.8) is 0 Å². The minimum absolute atomic E-state index is 0.0113. The van der Waals surface area contributed by atoms with Gasteiger partial charge in [-0.2, -0.15) is 0 Å². The maximum absolute atomic E-state index is 11.7. The van der Waals surface area contributed by atoms with Gasteiger partial charge in [-0.1, -0.05) is 6.92 Å². The van der Waals surface area contributed by atoms with Crippen LogP contribution in [0, 0.1) is 0 Å². The van der Waals surface area contributed by atoms with Gasteiger partial charge in [0.25, 0.3) is 0 Å². The molecule has 18 heavy (non-hydrogen) atoms.